The molecule has 0 atom stereocenters. The van der Waals surface area contributed by atoms with Gasteiger partial charge in [-0.25, -0.2) is 18.4 Å². The second kappa shape index (κ2) is 8.51. The zero-order valence-corrected chi connectivity index (χ0v) is 17.7. The molecule has 6 nitrogen and oxygen atoms in total. The van der Waals surface area contributed by atoms with Crippen LogP contribution in [0.1, 0.15) is 40.3 Å². The molecule has 1 aliphatic heterocycles. The molecule has 1 aliphatic rings. The van der Waals surface area contributed by atoms with Crippen molar-refractivity contribution in [3.8, 4) is 5.69 Å². The van der Waals surface area contributed by atoms with Gasteiger partial charge in [0, 0.05) is 37.5 Å². The molecule has 0 aliphatic carbocycles. The number of halogens is 2. The molecule has 0 saturated carbocycles. The molecule has 2 aromatic heterocycles. The highest BCUT2D eigenvalue weighted by Crippen LogP contribution is 2.24. The Balaban J connectivity index is 1.42. The molecule has 0 radical (unpaired) electrons. The number of benzene rings is 1. The summed E-state index contributed by atoms with van der Waals surface area (Å²) in [6.45, 7) is 5.95. The van der Waals surface area contributed by atoms with Crippen LogP contribution in [-0.2, 0) is 6.42 Å². The molecular formula is C21H23F2N5OS. The molecule has 1 amide bonds. The Morgan fingerprint density at radius 2 is 2.00 bits per heavy atom. The number of aromatic nitrogens is 3. The van der Waals surface area contributed by atoms with Crippen LogP contribution in [0.3, 0.4) is 0 Å². The molecule has 30 heavy (non-hydrogen) atoms. The van der Waals surface area contributed by atoms with Gasteiger partial charge in [0.2, 0.25) is 0 Å². The van der Waals surface area contributed by atoms with Crippen LogP contribution in [-0.4, -0.2) is 40.3 Å². The first-order chi connectivity index (χ1) is 14.4. The fourth-order valence-corrected chi connectivity index (χ4v) is 4.63. The van der Waals surface area contributed by atoms with Gasteiger partial charge < -0.3 is 10.2 Å². The number of rotatable bonds is 6. The highest BCUT2D eigenvalue weighted by Gasteiger charge is 2.21. The number of carbonyl (C=O) groups excluding carboxylic acids is 1. The molecule has 3 heterocycles. The van der Waals surface area contributed by atoms with Gasteiger partial charge in [-0.1, -0.05) is 0 Å². The summed E-state index contributed by atoms with van der Waals surface area (Å²) in [5, 5.41) is 10.3. The monoisotopic (exact) mass is 431 g/mol. The summed E-state index contributed by atoms with van der Waals surface area (Å²) >= 11 is 1.64. The average molecular weight is 432 g/mol. The minimum absolute atomic E-state index is 0.105. The van der Waals surface area contributed by atoms with Gasteiger partial charge in [-0.15, -0.1) is 11.3 Å². The van der Waals surface area contributed by atoms with E-state index in [-0.39, 0.29) is 11.6 Å². The van der Waals surface area contributed by atoms with Gasteiger partial charge >= 0.3 is 0 Å². The first-order valence-corrected chi connectivity index (χ1v) is 10.8. The van der Waals surface area contributed by atoms with Crippen LogP contribution in [0.4, 0.5) is 13.9 Å². The normalized spacial score (nSPS) is 13.8. The van der Waals surface area contributed by atoms with E-state index >= 15 is 0 Å². The maximum absolute atomic E-state index is 14.2. The summed E-state index contributed by atoms with van der Waals surface area (Å²) in [5.74, 6) is -1.66. The number of nitrogens with zero attached hydrogens (tertiary/aromatic N) is 4. The molecule has 1 N–H and O–H groups in total. The van der Waals surface area contributed by atoms with Gasteiger partial charge in [0.15, 0.2) is 10.9 Å². The maximum Gasteiger partial charge on any atom is 0.255 e. The zero-order valence-electron chi connectivity index (χ0n) is 16.9. The van der Waals surface area contributed by atoms with E-state index in [9.17, 15) is 13.6 Å². The van der Waals surface area contributed by atoms with Gasteiger partial charge in [-0.2, -0.15) is 5.10 Å². The number of amides is 1. The Labute approximate surface area is 177 Å². The van der Waals surface area contributed by atoms with Crippen molar-refractivity contribution >= 4 is 22.4 Å². The largest absolute Gasteiger partial charge is 0.352 e. The lowest BCUT2D eigenvalue weighted by Crippen LogP contribution is -2.27. The Morgan fingerprint density at radius 3 is 2.73 bits per heavy atom. The van der Waals surface area contributed by atoms with Gasteiger partial charge in [0.05, 0.1) is 22.6 Å². The lowest BCUT2D eigenvalue weighted by atomic mass is 10.1. The molecule has 9 heteroatoms. The van der Waals surface area contributed by atoms with E-state index in [1.807, 2.05) is 5.38 Å². The number of aryl methyl sites for hydroxylation is 1. The third kappa shape index (κ3) is 4.07. The standard InChI is InChI=1S/C21H23F2N5OS/c1-13-19(14(2)28(26-13)18-6-5-15(22)11-17(18)23)20(29)24-8-7-16-12-30-21(25-16)27-9-3-4-10-27/h5-6,11-12H,3-4,7-10H2,1-2H3,(H,24,29). The lowest BCUT2D eigenvalue weighted by Gasteiger charge is -2.12. The van der Waals surface area contributed by atoms with Crippen molar-refractivity contribution in [3.05, 3.63) is 57.9 Å². The van der Waals surface area contributed by atoms with E-state index in [0.717, 1.165) is 30.0 Å². The van der Waals surface area contributed by atoms with E-state index in [1.165, 1.54) is 29.7 Å². The molecule has 0 unspecified atom stereocenters. The number of nitrogens with one attached hydrogen (secondary N) is 1. The van der Waals surface area contributed by atoms with E-state index in [2.05, 4.69) is 20.3 Å². The smallest absolute Gasteiger partial charge is 0.255 e. The molecule has 0 spiro atoms. The van der Waals surface area contributed by atoms with Gasteiger partial charge in [0.25, 0.3) is 5.91 Å². The summed E-state index contributed by atoms with van der Waals surface area (Å²) in [7, 11) is 0. The highest BCUT2D eigenvalue weighted by atomic mass is 32.1. The fourth-order valence-electron chi connectivity index (χ4n) is 3.72. The lowest BCUT2D eigenvalue weighted by molar-refractivity contribution is 0.0953. The van der Waals surface area contributed by atoms with Crippen LogP contribution in [0, 0.1) is 25.5 Å². The van der Waals surface area contributed by atoms with Crippen molar-refractivity contribution in [2.24, 2.45) is 0 Å². The molecule has 1 fully saturated rings. The third-order valence-corrected chi connectivity index (χ3v) is 6.19. The zero-order chi connectivity index (χ0) is 21.3. The van der Waals surface area contributed by atoms with E-state index in [0.29, 0.717) is 29.9 Å². The van der Waals surface area contributed by atoms with Crippen LogP contribution < -0.4 is 10.2 Å². The average Bonchev–Trinajstić information content (AvgIpc) is 3.43. The Morgan fingerprint density at radius 1 is 1.23 bits per heavy atom. The van der Waals surface area contributed by atoms with Crippen molar-refractivity contribution in [1.82, 2.24) is 20.1 Å². The van der Waals surface area contributed by atoms with Crippen LogP contribution >= 0.6 is 11.3 Å². The minimum atomic E-state index is -0.732. The highest BCUT2D eigenvalue weighted by molar-refractivity contribution is 7.13. The predicted molar refractivity (Wildman–Crippen MR) is 113 cm³/mol. The first-order valence-electron chi connectivity index (χ1n) is 9.93. The molecule has 1 aromatic carbocycles. The summed E-state index contributed by atoms with van der Waals surface area (Å²) in [4.78, 5) is 19.7. The van der Waals surface area contributed by atoms with Gasteiger partial charge in [-0.05, 0) is 38.8 Å². The Kier molecular flexibility index (Phi) is 5.80. The maximum atomic E-state index is 14.2. The van der Waals surface area contributed by atoms with Crippen molar-refractivity contribution in [3.63, 3.8) is 0 Å². The summed E-state index contributed by atoms with van der Waals surface area (Å²) < 4.78 is 28.7. The number of carbonyl (C=O) groups is 1. The van der Waals surface area contributed by atoms with Crippen molar-refractivity contribution in [2.75, 3.05) is 24.5 Å². The van der Waals surface area contributed by atoms with E-state index in [4.69, 9.17) is 0 Å². The Bertz CT molecular complexity index is 1070. The first kappa shape index (κ1) is 20.5. The summed E-state index contributed by atoms with van der Waals surface area (Å²) in [5.41, 5.74) is 2.45. The van der Waals surface area contributed by atoms with Crippen LogP contribution in [0.5, 0.6) is 0 Å². The quantitative estimate of drug-likeness (QED) is 0.645. The molecule has 0 bridgehead atoms. The Hall–Kier alpha value is -2.81. The minimum Gasteiger partial charge on any atom is -0.352 e. The SMILES string of the molecule is Cc1nn(-c2ccc(F)cc2F)c(C)c1C(=O)NCCc1csc(N2CCCC2)n1. The second-order valence-electron chi connectivity index (χ2n) is 7.37. The van der Waals surface area contributed by atoms with Crippen molar-refractivity contribution < 1.29 is 13.6 Å². The number of anilines is 1. The predicted octanol–water partition coefficient (Wildman–Crippen LogP) is 3.80. The number of hydrogen-bond donors (Lipinski definition) is 1. The second-order valence-corrected chi connectivity index (χ2v) is 8.21. The fraction of sp³-hybridized carbons (Fsp3) is 0.381. The summed E-state index contributed by atoms with van der Waals surface area (Å²) in [6, 6.07) is 3.28. The van der Waals surface area contributed by atoms with Gasteiger partial charge in [-0.3, -0.25) is 4.79 Å². The van der Waals surface area contributed by atoms with E-state index in [1.54, 1.807) is 25.2 Å². The number of hydrogen-bond acceptors (Lipinski definition) is 5. The van der Waals surface area contributed by atoms with Crippen LogP contribution in [0.15, 0.2) is 23.6 Å². The van der Waals surface area contributed by atoms with Gasteiger partial charge in [0.1, 0.15) is 11.5 Å². The molecule has 1 saturated heterocycles. The molecular weight excluding hydrogens is 408 g/mol. The topological polar surface area (TPSA) is 63.1 Å². The number of thiazole rings is 1. The molecule has 4 rings (SSSR count). The van der Waals surface area contributed by atoms with Crippen LogP contribution in [0.2, 0.25) is 0 Å². The third-order valence-electron chi connectivity index (χ3n) is 5.24. The van der Waals surface area contributed by atoms with Crippen LogP contribution in [0.25, 0.3) is 5.69 Å². The van der Waals surface area contributed by atoms with E-state index < -0.39 is 11.6 Å². The van der Waals surface area contributed by atoms with Crippen molar-refractivity contribution in [1.29, 1.82) is 0 Å². The summed E-state index contributed by atoms with van der Waals surface area (Å²) in [6.07, 6.45) is 3.05. The molecule has 158 valence electrons. The van der Waals surface area contributed by atoms with Crippen molar-refractivity contribution in [2.45, 2.75) is 33.1 Å². The molecule has 3 aromatic rings.